The Balaban J connectivity index is 2.02. The van der Waals surface area contributed by atoms with E-state index in [0.29, 0.717) is 6.61 Å². The van der Waals surface area contributed by atoms with Gasteiger partial charge in [-0.1, -0.05) is 36.4 Å². The molecule has 3 aromatic carbocycles. The Morgan fingerprint density at radius 2 is 1.14 bits per heavy atom. The van der Waals surface area contributed by atoms with E-state index < -0.39 is 0 Å². The second-order valence-electron chi connectivity index (χ2n) is 7.44. The molecule has 0 aliphatic rings. The van der Waals surface area contributed by atoms with Gasteiger partial charge < -0.3 is 14.5 Å². The van der Waals surface area contributed by atoms with E-state index in [2.05, 4.69) is 105 Å². The average molecular weight is 387 g/mol. The summed E-state index contributed by atoms with van der Waals surface area (Å²) in [4.78, 5) is 4.23. The van der Waals surface area contributed by atoms with Gasteiger partial charge in [0.2, 0.25) is 0 Å². The third-order valence-electron chi connectivity index (χ3n) is 4.89. The summed E-state index contributed by atoms with van der Waals surface area (Å²) in [5.41, 5.74) is 7.13. The summed E-state index contributed by atoms with van der Waals surface area (Å²) in [6.45, 7) is 2.68. The van der Waals surface area contributed by atoms with E-state index in [1.54, 1.807) is 0 Å². The van der Waals surface area contributed by atoms with E-state index in [9.17, 15) is 0 Å². The highest BCUT2D eigenvalue weighted by molar-refractivity contribution is 5.92. The minimum Gasteiger partial charge on any atom is -0.494 e. The van der Waals surface area contributed by atoms with Gasteiger partial charge in [-0.2, -0.15) is 0 Å². The van der Waals surface area contributed by atoms with E-state index in [4.69, 9.17) is 4.74 Å². The molecule has 0 fully saturated rings. The van der Waals surface area contributed by atoms with Crippen molar-refractivity contribution in [3.05, 3.63) is 89.5 Å². The summed E-state index contributed by atoms with van der Waals surface area (Å²) < 4.78 is 5.58. The standard InChI is InChI=1S/C26H30N2O/c1-6-29-25-17-7-20(8-18-25)19-26(21-9-13-23(14-10-21)27(2)3)22-11-15-24(16-12-22)28(4)5/h7-19H,6H2,1-5H3. The van der Waals surface area contributed by atoms with Crippen LogP contribution in [-0.2, 0) is 0 Å². The minimum absolute atomic E-state index is 0.677. The lowest BCUT2D eigenvalue weighted by Crippen LogP contribution is -2.08. The first-order valence-corrected chi connectivity index (χ1v) is 9.98. The van der Waals surface area contributed by atoms with Gasteiger partial charge >= 0.3 is 0 Å². The number of ether oxygens (including phenoxy) is 1. The molecule has 0 aromatic heterocycles. The zero-order chi connectivity index (χ0) is 20.8. The molecule has 0 N–H and O–H groups in total. The maximum Gasteiger partial charge on any atom is 0.119 e. The molecule has 0 saturated heterocycles. The average Bonchev–Trinajstić information content (AvgIpc) is 2.73. The van der Waals surface area contributed by atoms with Crippen LogP contribution in [0.2, 0.25) is 0 Å². The lowest BCUT2D eigenvalue weighted by Gasteiger charge is -2.16. The third-order valence-corrected chi connectivity index (χ3v) is 4.89. The third kappa shape index (κ3) is 5.20. The normalized spacial score (nSPS) is 10.4. The van der Waals surface area contributed by atoms with Crippen molar-refractivity contribution in [2.45, 2.75) is 6.92 Å². The van der Waals surface area contributed by atoms with Gasteiger partial charge in [-0.3, -0.25) is 0 Å². The molecule has 0 bridgehead atoms. The topological polar surface area (TPSA) is 15.7 Å². The van der Waals surface area contributed by atoms with Crippen LogP contribution in [0.5, 0.6) is 5.75 Å². The van der Waals surface area contributed by atoms with E-state index in [0.717, 1.165) is 11.3 Å². The van der Waals surface area contributed by atoms with Crippen LogP contribution < -0.4 is 14.5 Å². The molecule has 0 heterocycles. The predicted molar refractivity (Wildman–Crippen MR) is 126 cm³/mol. The van der Waals surface area contributed by atoms with Gasteiger partial charge in [0, 0.05) is 39.6 Å². The van der Waals surface area contributed by atoms with E-state index in [1.807, 2.05) is 19.1 Å². The molecule has 3 heteroatoms. The first kappa shape index (κ1) is 20.5. The Hall–Kier alpha value is -3.20. The molecular weight excluding hydrogens is 356 g/mol. The van der Waals surface area contributed by atoms with E-state index in [1.165, 1.54) is 28.1 Å². The van der Waals surface area contributed by atoms with Gasteiger partial charge in [-0.05, 0) is 71.7 Å². The Morgan fingerprint density at radius 1 is 0.690 bits per heavy atom. The molecule has 150 valence electrons. The zero-order valence-electron chi connectivity index (χ0n) is 18.0. The number of nitrogens with zero attached hydrogens (tertiary/aromatic N) is 2. The second kappa shape index (κ2) is 9.33. The van der Waals surface area contributed by atoms with E-state index in [-0.39, 0.29) is 0 Å². The van der Waals surface area contributed by atoms with Gasteiger partial charge in [0.15, 0.2) is 0 Å². The van der Waals surface area contributed by atoms with Crippen LogP contribution in [0.1, 0.15) is 23.6 Å². The minimum atomic E-state index is 0.677. The molecule has 0 saturated carbocycles. The summed E-state index contributed by atoms with van der Waals surface area (Å²) >= 11 is 0. The summed E-state index contributed by atoms with van der Waals surface area (Å²) in [6, 6.07) is 25.7. The predicted octanol–water partition coefficient (Wildman–Crippen LogP) is 5.81. The maximum absolute atomic E-state index is 5.58. The number of benzene rings is 3. The zero-order valence-corrected chi connectivity index (χ0v) is 18.0. The van der Waals surface area contributed by atoms with Crippen LogP contribution in [0, 0.1) is 0 Å². The van der Waals surface area contributed by atoms with Crippen molar-refractivity contribution in [2.75, 3.05) is 44.6 Å². The van der Waals surface area contributed by atoms with Crippen molar-refractivity contribution in [3.63, 3.8) is 0 Å². The second-order valence-corrected chi connectivity index (χ2v) is 7.44. The Bertz CT molecular complexity index is 884. The summed E-state index contributed by atoms with van der Waals surface area (Å²) in [5.74, 6) is 0.900. The van der Waals surface area contributed by atoms with Crippen molar-refractivity contribution >= 4 is 23.0 Å². The van der Waals surface area contributed by atoms with Crippen molar-refractivity contribution in [1.82, 2.24) is 0 Å². The highest BCUT2D eigenvalue weighted by Gasteiger charge is 2.08. The Kier molecular flexibility index (Phi) is 6.61. The number of hydrogen-bond donors (Lipinski definition) is 0. The highest BCUT2D eigenvalue weighted by Crippen LogP contribution is 2.29. The molecule has 0 aliphatic heterocycles. The first-order valence-electron chi connectivity index (χ1n) is 9.98. The molecule has 3 nitrogen and oxygen atoms in total. The fourth-order valence-electron chi connectivity index (χ4n) is 3.21. The number of hydrogen-bond acceptors (Lipinski definition) is 3. The van der Waals surface area contributed by atoms with E-state index >= 15 is 0 Å². The maximum atomic E-state index is 5.58. The van der Waals surface area contributed by atoms with Crippen LogP contribution in [0.15, 0.2) is 72.8 Å². The molecular formula is C26H30N2O. The molecule has 3 aromatic rings. The number of rotatable bonds is 7. The molecule has 0 unspecified atom stereocenters. The van der Waals surface area contributed by atoms with Gasteiger partial charge in [0.05, 0.1) is 6.61 Å². The largest absolute Gasteiger partial charge is 0.494 e. The van der Waals surface area contributed by atoms with Crippen LogP contribution >= 0.6 is 0 Å². The van der Waals surface area contributed by atoms with Crippen LogP contribution in [0.4, 0.5) is 11.4 Å². The quantitative estimate of drug-likeness (QED) is 0.477. The highest BCUT2D eigenvalue weighted by atomic mass is 16.5. The van der Waals surface area contributed by atoms with Crippen molar-refractivity contribution in [1.29, 1.82) is 0 Å². The smallest absolute Gasteiger partial charge is 0.119 e. The van der Waals surface area contributed by atoms with Crippen LogP contribution in [0.3, 0.4) is 0 Å². The molecule has 3 rings (SSSR count). The summed E-state index contributed by atoms with van der Waals surface area (Å²) in [5, 5.41) is 0. The van der Waals surface area contributed by atoms with Crippen molar-refractivity contribution < 1.29 is 4.74 Å². The van der Waals surface area contributed by atoms with Crippen molar-refractivity contribution in [3.8, 4) is 5.75 Å². The van der Waals surface area contributed by atoms with Gasteiger partial charge in [-0.15, -0.1) is 0 Å². The Labute approximate surface area is 174 Å². The summed E-state index contributed by atoms with van der Waals surface area (Å²) in [6.07, 6.45) is 2.24. The molecule has 0 amide bonds. The number of anilines is 2. The molecule has 29 heavy (non-hydrogen) atoms. The fourth-order valence-corrected chi connectivity index (χ4v) is 3.21. The molecule has 0 aliphatic carbocycles. The van der Waals surface area contributed by atoms with Crippen LogP contribution in [-0.4, -0.2) is 34.8 Å². The van der Waals surface area contributed by atoms with Gasteiger partial charge in [0.25, 0.3) is 0 Å². The van der Waals surface area contributed by atoms with Crippen LogP contribution in [0.25, 0.3) is 11.6 Å². The first-order chi connectivity index (χ1) is 14.0. The Morgan fingerprint density at radius 3 is 1.52 bits per heavy atom. The summed E-state index contributed by atoms with van der Waals surface area (Å²) in [7, 11) is 8.24. The van der Waals surface area contributed by atoms with Gasteiger partial charge in [0.1, 0.15) is 5.75 Å². The lowest BCUT2D eigenvalue weighted by atomic mass is 9.95. The fraction of sp³-hybridized carbons (Fsp3) is 0.231. The molecule has 0 radical (unpaired) electrons. The SMILES string of the molecule is CCOc1ccc(C=C(c2ccc(N(C)C)cc2)c2ccc(N(C)C)cc2)cc1. The molecule has 0 atom stereocenters. The molecule has 0 spiro atoms. The lowest BCUT2D eigenvalue weighted by molar-refractivity contribution is 0.340. The van der Waals surface area contributed by atoms with Crippen molar-refractivity contribution in [2.24, 2.45) is 0 Å². The van der Waals surface area contributed by atoms with Gasteiger partial charge in [-0.25, -0.2) is 0 Å². The monoisotopic (exact) mass is 386 g/mol.